The standard InChI is InChI=1S/C20H25Cl2N2O4PS/c1-4-15(2)30-29(26,27-3)24(12-13-28-17-8-6-5-7-9-17)20(25)23-19-11-10-16(21)14-18(19)22/h5-11,14-15H,4,12-13H2,1-3H3,(H,23,25). The molecule has 2 atom stereocenters. The van der Waals surface area contributed by atoms with Crippen molar-refractivity contribution in [1.29, 1.82) is 0 Å². The van der Waals surface area contributed by atoms with Crippen LogP contribution in [0.4, 0.5) is 10.5 Å². The molecule has 2 unspecified atom stereocenters. The van der Waals surface area contributed by atoms with Gasteiger partial charge in [-0.2, -0.15) is 0 Å². The minimum atomic E-state index is -3.53. The van der Waals surface area contributed by atoms with Gasteiger partial charge >= 0.3 is 12.8 Å². The number of halogens is 2. The van der Waals surface area contributed by atoms with Gasteiger partial charge in [0.2, 0.25) is 0 Å². The highest BCUT2D eigenvalue weighted by molar-refractivity contribution is 8.56. The number of carbonyl (C=O) groups excluding carboxylic acids is 1. The molecule has 0 spiro atoms. The van der Waals surface area contributed by atoms with Gasteiger partial charge in [0.25, 0.3) is 0 Å². The summed E-state index contributed by atoms with van der Waals surface area (Å²) < 4.78 is 25.8. The van der Waals surface area contributed by atoms with Gasteiger partial charge in [-0.1, -0.05) is 55.2 Å². The van der Waals surface area contributed by atoms with E-state index in [1.54, 1.807) is 12.1 Å². The molecule has 6 nitrogen and oxygen atoms in total. The fourth-order valence-corrected chi connectivity index (χ4v) is 7.31. The fourth-order valence-electron chi connectivity index (χ4n) is 2.37. The Labute approximate surface area is 191 Å². The smallest absolute Gasteiger partial charge is 0.357 e. The molecule has 0 fully saturated rings. The molecular formula is C20H25Cl2N2O4PS. The van der Waals surface area contributed by atoms with Crippen LogP contribution in [0.15, 0.2) is 48.5 Å². The maximum atomic E-state index is 13.6. The maximum Gasteiger partial charge on any atom is 0.357 e. The van der Waals surface area contributed by atoms with Crippen molar-refractivity contribution in [2.45, 2.75) is 25.5 Å². The molecule has 0 aliphatic carbocycles. The van der Waals surface area contributed by atoms with Crippen LogP contribution in [0.2, 0.25) is 10.0 Å². The van der Waals surface area contributed by atoms with E-state index in [0.29, 0.717) is 16.5 Å². The van der Waals surface area contributed by atoms with Crippen molar-refractivity contribution in [3.05, 3.63) is 58.6 Å². The third-order valence-electron chi connectivity index (χ3n) is 4.14. The van der Waals surface area contributed by atoms with Gasteiger partial charge in [0.15, 0.2) is 0 Å². The summed E-state index contributed by atoms with van der Waals surface area (Å²) in [6.07, 6.45) is 0.775. The summed E-state index contributed by atoms with van der Waals surface area (Å²) in [6.45, 7) is 0.576. The molecule has 10 heteroatoms. The van der Waals surface area contributed by atoms with Crippen LogP contribution in [-0.4, -0.2) is 36.2 Å². The Morgan fingerprint density at radius 3 is 2.53 bits per heavy atom. The number of rotatable bonds is 10. The van der Waals surface area contributed by atoms with Crippen LogP contribution >= 0.6 is 41.3 Å². The van der Waals surface area contributed by atoms with Crippen LogP contribution in [0.25, 0.3) is 0 Å². The number of nitrogens with one attached hydrogen (secondary N) is 1. The zero-order valence-corrected chi connectivity index (χ0v) is 20.2. The first-order valence-electron chi connectivity index (χ1n) is 9.35. The third-order valence-corrected chi connectivity index (χ3v) is 10.00. The summed E-state index contributed by atoms with van der Waals surface area (Å²) in [6, 6.07) is 13.3. The first-order chi connectivity index (χ1) is 14.3. The van der Waals surface area contributed by atoms with Crippen molar-refractivity contribution in [2.75, 3.05) is 25.6 Å². The van der Waals surface area contributed by atoms with Crippen molar-refractivity contribution in [1.82, 2.24) is 4.67 Å². The molecule has 2 aromatic carbocycles. The Morgan fingerprint density at radius 1 is 1.23 bits per heavy atom. The summed E-state index contributed by atoms with van der Waals surface area (Å²) in [7, 11) is 1.34. The highest BCUT2D eigenvalue weighted by Crippen LogP contribution is 2.64. The number of carbonyl (C=O) groups is 1. The van der Waals surface area contributed by atoms with E-state index >= 15 is 0 Å². The first kappa shape index (κ1) is 24.9. The topological polar surface area (TPSA) is 67.9 Å². The summed E-state index contributed by atoms with van der Waals surface area (Å²) in [5.41, 5.74) is 0.358. The quantitative estimate of drug-likeness (QED) is 0.356. The average molecular weight is 491 g/mol. The van der Waals surface area contributed by atoms with Gasteiger partial charge in [-0.15, -0.1) is 0 Å². The van der Waals surface area contributed by atoms with Crippen LogP contribution in [0.5, 0.6) is 5.75 Å². The summed E-state index contributed by atoms with van der Waals surface area (Å²) in [4.78, 5) is 13.1. The number of urea groups is 1. The Morgan fingerprint density at radius 2 is 1.93 bits per heavy atom. The third kappa shape index (κ3) is 7.10. The monoisotopic (exact) mass is 490 g/mol. The van der Waals surface area contributed by atoms with Crippen LogP contribution in [0, 0.1) is 0 Å². The number of amides is 2. The van der Waals surface area contributed by atoms with E-state index in [1.807, 2.05) is 44.2 Å². The second-order valence-electron chi connectivity index (χ2n) is 6.31. The molecule has 0 aliphatic heterocycles. The number of hydrogen-bond donors (Lipinski definition) is 1. The van der Waals surface area contributed by atoms with E-state index in [0.717, 1.165) is 17.8 Å². The van der Waals surface area contributed by atoms with Crippen molar-refractivity contribution >= 4 is 53.0 Å². The highest BCUT2D eigenvalue weighted by atomic mass is 35.5. The maximum absolute atomic E-state index is 13.6. The van der Waals surface area contributed by atoms with Gasteiger partial charge in [-0.05, 0) is 48.1 Å². The Kier molecular flexibility index (Phi) is 9.85. The van der Waals surface area contributed by atoms with Crippen molar-refractivity contribution in [3.8, 4) is 5.75 Å². The van der Waals surface area contributed by atoms with Gasteiger partial charge in [0.05, 0.1) is 17.3 Å². The molecule has 0 bridgehead atoms. The van der Waals surface area contributed by atoms with Crippen molar-refractivity contribution in [3.63, 3.8) is 0 Å². The summed E-state index contributed by atoms with van der Waals surface area (Å²) in [5.74, 6) is 0.653. The Balaban J connectivity index is 2.21. The van der Waals surface area contributed by atoms with E-state index in [9.17, 15) is 9.36 Å². The van der Waals surface area contributed by atoms with Gasteiger partial charge in [0, 0.05) is 17.4 Å². The molecule has 0 saturated heterocycles. The van der Waals surface area contributed by atoms with Gasteiger partial charge in [-0.25, -0.2) is 9.46 Å². The van der Waals surface area contributed by atoms with Crippen molar-refractivity contribution < 1.29 is 18.6 Å². The lowest BCUT2D eigenvalue weighted by Gasteiger charge is -2.31. The highest BCUT2D eigenvalue weighted by Gasteiger charge is 2.37. The number of nitrogens with zero attached hydrogens (tertiary/aromatic N) is 1. The average Bonchev–Trinajstić information content (AvgIpc) is 2.73. The largest absolute Gasteiger partial charge is 0.492 e. The molecule has 0 radical (unpaired) electrons. The van der Waals surface area contributed by atoms with Crippen LogP contribution in [-0.2, 0) is 9.09 Å². The van der Waals surface area contributed by atoms with Crippen LogP contribution in [0.1, 0.15) is 20.3 Å². The second-order valence-corrected chi connectivity index (χ2v) is 12.0. The SMILES string of the molecule is CCC(C)SP(=O)(OC)N(CCOc1ccccc1)C(=O)Nc1ccc(Cl)cc1Cl. The van der Waals surface area contributed by atoms with E-state index in [1.165, 1.54) is 17.8 Å². The van der Waals surface area contributed by atoms with E-state index in [-0.39, 0.29) is 23.4 Å². The second kappa shape index (κ2) is 11.9. The number of hydrogen-bond acceptors (Lipinski definition) is 5. The Hall–Kier alpha value is -1.37. The Bertz CT molecular complexity index is 888. The molecule has 2 aromatic rings. The molecular weight excluding hydrogens is 466 g/mol. The van der Waals surface area contributed by atoms with Crippen LogP contribution < -0.4 is 10.1 Å². The molecule has 30 heavy (non-hydrogen) atoms. The zero-order chi connectivity index (χ0) is 22.1. The molecule has 164 valence electrons. The molecule has 0 aromatic heterocycles. The van der Waals surface area contributed by atoms with Crippen molar-refractivity contribution in [2.24, 2.45) is 0 Å². The number of benzene rings is 2. The first-order valence-corrected chi connectivity index (χ1v) is 13.2. The van der Waals surface area contributed by atoms with Gasteiger partial charge in [0.1, 0.15) is 12.4 Å². The minimum absolute atomic E-state index is 0.0280. The predicted molar refractivity (Wildman–Crippen MR) is 126 cm³/mol. The zero-order valence-electron chi connectivity index (χ0n) is 17.0. The summed E-state index contributed by atoms with van der Waals surface area (Å²) >= 11 is 13.2. The number of ether oxygens (including phenoxy) is 1. The summed E-state index contributed by atoms with van der Waals surface area (Å²) in [5, 5.41) is 3.44. The van der Waals surface area contributed by atoms with Gasteiger partial charge < -0.3 is 14.6 Å². The fraction of sp³-hybridized carbons (Fsp3) is 0.350. The van der Waals surface area contributed by atoms with E-state index in [4.69, 9.17) is 32.5 Å². The van der Waals surface area contributed by atoms with Crippen LogP contribution in [0.3, 0.4) is 0 Å². The molecule has 0 saturated carbocycles. The molecule has 1 N–H and O–H groups in total. The van der Waals surface area contributed by atoms with E-state index < -0.39 is 12.8 Å². The minimum Gasteiger partial charge on any atom is -0.492 e. The van der Waals surface area contributed by atoms with E-state index in [2.05, 4.69) is 5.32 Å². The molecule has 2 rings (SSSR count). The predicted octanol–water partition coefficient (Wildman–Crippen LogP) is 7.19. The molecule has 0 heterocycles. The lowest BCUT2D eigenvalue weighted by atomic mass is 10.3. The number of para-hydroxylation sites is 1. The number of anilines is 1. The lowest BCUT2D eigenvalue weighted by Crippen LogP contribution is -2.35. The lowest BCUT2D eigenvalue weighted by molar-refractivity contribution is 0.218. The molecule has 0 aliphatic rings. The normalized spacial score (nSPS) is 13.9. The van der Waals surface area contributed by atoms with Gasteiger partial charge in [-0.3, -0.25) is 4.57 Å². The molecule has 2 amide bonds.